The standard InChI is InChI=1S/C25H33N5O2/c1-19-5-2-6-21(17-19)28-13-15-29(16-14-28)23-9-8-20(18-22(23)26)25(32)27-10-4-12-30-11-3-7-24(30)31/h2,5-6,8-9,17-18H,3-4,7,10-16,26H2,1H3,(H,27,32). The number of carbonyl (C=O) groups is 2. The van der Waals surface area contributed by atoms with E-state index in [0.29, 0.717) is 30.8 Å². The maximum absolute atomic E-state index is 12.5. The van der Waals surface area contributed by atoms with Crippen molar-refractivity contribution in [3.05, 3.63) is 53.6 Å². The van der Waals surface area contributed by atoms with Crippen LogP contribution < -0.4 is 20.9 Å². The Bertz CT molecular complexity index is 969. The van der Waals surface area contributed by atoms with Crippen LogP contribution >= 0.6 is 0 Å². The van der Waals surface area contributed by atoms with Crippen LogP contribution in [-0.2, 0) is 4.79 Å². The number of aryl methyl sites for hydroxylation is 1. The molecule has 2 saturated heterocycles. The fourth-order valence-electron chi connectivity index (χ4n) is 4.53. The molecule has 0 aliphatic carbocycles. The summed E-state index contributed by atoms with van der Waals surface area (Å²) in [5.74, 6) is 0.0969. The lowest BCUT2D eigenvalue weighted by atomic mass is 10.1. The van der Waals surface area contributed by atoms with Crippen molar-refractivity contribution >= 4 is 28.9 Å². The Labute approximate surface area is 190 Å². The minimum Gasteiger partial charge on any atom is -0.397 e. The van der Waals surface area contributed by atoms with Gasteiger partial charge in [0.15, 0.2) is 0 Å². The maximum atomic E-state index is 12.5. The zero-order valence-corrected chi connectivity index (χ0v) is 18.8. The molecule has 2 amide bonds. The largest absolute Gasteiger partial charge is 0.397 e. The second kappa shape index (κ2) is 9.94. The van der Waals surface area contributed by atoms with Gasteiger partial charge in [0.25, 0.3) is 5.91 Å². The molecule has 170 valence electrons. The van der Waals surface area contributed by atoms with E-state index in [1.165, 1.54) is 11.3 Å². The zero-order chi connectivity index (χ0) is 22.5. The topological polar surface area (TPSA) is 81.9 Å². The average Bonchev–Trinajstić information content (AvgIpc) is 3.21. The summed E-state index contributed by atoms with van der Waals surface area (Å²) in [4.78, 5) is 30.7. The number of nitrogen functional groups attached to an aromatic ring is 1. The molecule has 0 spiro atoms. The van der Waals surface area contributed by atoms with Gasteiger partial charge in [-0.15, -0.1) is 0 Å². The lowest BCUT2D eigenvalue weighted by Gasteiger charge is -2.38. The van der Waals surface area contributed by atoms with Gasteiger partial charge in [0.1, 0.15) is 0 Å². The van der Waals surface area contributed by atoms with Gasteiger partial charge >= 0.3 is 0 Å². The maximum Gasteiger partial charge on any atom is 0.251 e. The molecule has 0 radical (unpaired) electrons. The Balaban J connectivity index is 1.27. The van der Waals surface area contributed by atoms with Crippen molar-refractivity contribution in [3.63, 3.8) is 0 Å². The Morgan fingerprint density at radius 3 is 2.50 bits per heavy atom. The van der Waals surface area contributed by atoms with E-state index in [0.717, 1.165) is 51.3 Å². The van der Waals surface area contributed by atoms with Crippen molar-refractivity contribution in [2.45, 2.75) is 26.2 Å². The molecule has 0 atom stereocenters. The van der Waals surface area contributed by atoms with E-state index in [4.69, 9.17) is 5.73 Å². The van der Waals surface area contributed by atoms with Crippen LogP contribution in [0.15, 0.2) is 42.5 Å². The quantitative estimate of drug-likeness (QED) is 0.516. The smallest absolute Gasteiger partial charge is 0.251 e. The molecular formula is C25H33N5O2. The lowest BCUT2D eigenvalue weighted by Crippen LogP contribution is -2.46. The van der Waals surface area contributed by atoms with E-state index in [-0.39, 0.29) is 11.8 Å². The molecule has 2 aliphatic heterocycles. The van der Waals surface area contributed by atoms with E-state index < -0.39 is 0 Å². The summed E-state index contributed by atoms with van der Waals surface area (Å²) in [7, 11) is 0. The average molecular weight is 436 g/mol. The number of nitrogens with two attached hydrogens (primary N) is 1. The zero-order valence-electron chi connectivity index (χ0n) is 18.8. The van der Waals surface area contributed by atoms with Crippen LogP contribution in [0.5, 0.6) is 0 Å². The predicted octanol–water partition coefficient (Wildman–Crippen LogP) is 2.65. The Morgan fingerprint density at radius 2 is 1.81 bits per heavy atom. The third-order valence-electron chi connectivity index (χ3n) is 6.34. The SMILES string of the molecule is Cc1cccc(N2CCN(c3ccc(C(=O)NCCCN4CCCC4=O)cc3N)CC2)c1. The summed E-state index contributed by atoms with van der Waals surface area (Å²) >= 11 is 0. The molecule has 4 rings (SSSR count). The first-order chi connectivity index (χ1) is 15.5. The highest BCUT2D eigenvalue weighted by molar-refractivity contribution is 5.96. The number of benzene rings is 2. The highest BCUT2D eigenvalue weighted by Crippen LogP contribution is 2.27. The van der Waals surface area contributed by atoms with Crippen molar-refractivity contribution in [2.75, 3.05) is 61.3 Å². The van der Waals surface area contributed by atoms with Crippen LogP contribution in [0.3, 0.4) is 0 Å². The molecule has 2 heterocycles. The van der Waals surface area contributed by atoms with E-state index in [1.54, 1.807) is 6.07 Å². The Hall–Kier alpha value is -3.22. The first-order valence-electron chi connectivity index (χ1n) is 11.5. The van der Waals surface area contributed by atoms with Crippen LogP contribution in [0.1, 0.15) is 35.2 Å². The molecule has 0 unspecified atom stereocenters. The van der Waals surface area contributed by atoms with Gasteiger partial charge in [-0.3, -0.25) is 9.59 Å². The van der Waals surface area contributed by atoms with Crippen molar-refractivity contribution in [1.29, 1.82) is 0 Å². The molecule has 0 bridgehead atoms. The summed E-state index contributed by atoms with van der Waals surface area (Å²) in [6, 6.07) is 14.2. The number of nitrogens with zero attached hydrogens (tertiary/aromatic N) is 3. The van der Waals surface area contributed by atoms with Gasteiger partial charge in [-0.25, -0.2) is 0 Å². The lowest BCUT2D eigenvalue weighted by molar-refractivity contribution is -0.127. The number of carbonyl (C=O) groups excluding carboxylic acids is 2. The molecular weight excluding hydrogens is 402 g/mol. The molecule has 3 N–H and O–H groups in total. The van der Waals surface area contributed by atoms with Gasteiger partial charge in [-0.1, -0.05) is 12.1 Å². The molecule has 2 fully saturated rings. The minimum atomic E-state index is -0.125. The molecule has 2 aliphatic rings. The number of nitrogens with one attached hydrogen (secondary N) is 1. The first-order valence-corrected chi connectivity index (χ1v) is 11.5. The number of hydrogen-bond donors (Lipinski definition) is 2. The van der Waals surface area contributed by atoms with Crippen LogP contribution in [0.25, 0.3) is 0 Å². The highest BCUT2D eigenvalue weighted by Gasteiger charge is 2.21. The van der Waals surface area contributed by atoms with Crippen molar-refractivity contribution in [2.24, 2.45) is 0 Å². The molecule has 2 aromatic rings. The van der Waals surface area contributed by atoms with Crippen molar-refractivity contribution in [3.8, 4) is 0 Å². The fraction of sp³-hybridized carbons (Fsp3) is 0.440. The molecule has 7 nitrogen and oxygen atoms in total. The van der Waals surface area contributed by atoms with Crippen LogP contribution in [0.4, 0.5) is 17.1 Å². The highest BCUT2D eigenvalue weighted by atomic mass is 16.2. The number of piperazine rings is 1. The third kappa shape index (κ3) is 5.15. The number of hydrogen-bond acceptors (Lipinski definition) is 5. The van der Waals surface area contributed by atoms with E-state index >= 15 is 0 Å². The van der Waals surface area contributed by atoms with Gasteiger partial charge in [-0.2, -0.15) is 0 Å². The molecule has 0 aromatic heterocycles. The molecule has 32 heavy (non-hydrogen) atoms. The van der Waals surface area contributed by atoms with E-state index in [2.05, 4.69) is 46.3 Å². The van der Waals surface area contributed by atoms with Gasteiger partial charge in [-0.05, 0) is 55.7 Å². The van der Waals surface area contributed by atoms with Crippen LogP contribution in [-0.4, -0.2) is 62.5 Å². The van der Waals surface area contributed by atoms with E-state index in [1.807, 2.05) is 17.0 Å². The Kier molecular flexibility index (Phi) is 6.83. The second-order valence-corrected chi connectivity index (χ2v) is 8.68. The van der Waals surface area contributed by atoms with Gasteiger partial charge in [0.05, 0.1) is 11.4 Å². The van der Waals surface area contributed by atoms with Crippen molar-refractivity contribution in [1.82, 2.24) is 10.2 Å². The third-order valence-corrected chi connectivity index (χ3v) is 6.34. The summed E-state index contributed by atoms with van der Waals surface area (Å²) in [5.41, 5.74) is 11.0. The number of rotatable bonds is 7. The normalized spacial score (nSPS) is 16.5. The Morgan fingerprint density at radius 1 is 1.03 bits per heavy atom. The summed E-state index contributed by atoms with van der Waals surface area (Å²) in [6.07, 6.45) is 2.35. The first kappa shape index (κ1) is 22.0. The summed E-state index contributed by atoms with van der Waals surface area (Å²) in [5, 5.41) is 2.94. The summed E-state index contributed by atoms with van der Waals surface area (Å²) in [6.45, 7) is 7.85. The molecule has 0 saturated carbocycles. The molecule has 2 aromatic carbocycles. The van der Waals surface area contributed by atoms with Crippen LogP contribution in [0.2, 0.25) is 0 Å². The fourth-order valence-corrected chi connectivity index (χ4v) is 4.53. The second-order valence-electron chi connectivity index (χ2n) is 8.68. The van der Waals surface area contributed by atoms with E-state index in [9.17, 15) is 9.59 Å². The minimum absolute atomic E-state index is 0.125. The van der Waals surface area contributed by atoms with Gasteiger partial charge < -0.3 is 25.8 Å². The summed E-state index contributed by atoms with van der Waals surface area (Å²) < 4.78 is 0. The van der Waals surface area contributed by atoms with Crippen molar-refractivity contribution < 1.29 is 9.59 Å². The number of likely N-dealkylation sites (tertiary alicyclic amines) is 1. The van der Waals surface area contributed by atoms with Gasteiger partial charge in [0.2, 0.25) is 5.91 Å². The molecule has 7 heteroatoms. The van der Waals surface area contributed by atoms with Crippen LogP contribution in [0, 0.1) is 6.92 Å². The number of anilines is 3. The van der Waals surface area contributed by atoms with Gasteiger partial charge in [0, 0.05) is 63.5 Å². The number of amides is 2. The monoisotopic (exact) mass is 435 g/mol. The predicted molar refractivity (Wildman–Crippen MR) is 129 cm³/mol.